The molecule has 2 aliphatic heterocycles. The number of rotatable bonds is 9. The van der Waals surface area contributed by atoms with Crippen molar-refractivity contribution in [1.29, 1.82) is 0 Å². The molecule has 12 heteroatoms. The van der Waals surface area contributed by atoms with E-state index in [0.717, 1.165) is 0 Å². The van der Waals surface area contributed by atoms with Gasteiger partial charge in [-0.15, -0.1) is 0 Å². The van der Waals surface area contributed by atoms with Gasteiger partial charge in [-0.1, -0.05) is 6.07 Å². The van der Waals surface area contributed by atoms with Gasteiger partial charge in [0.1, 0.15) is 11.9 Å². The number of nitrogens with zero attached hydrogens (tertiary/aromatic N) is 2. The second-order valence-corrected chi connectivity index (χ2v) is 8.42. The topological polar surface area (TPSA) is 143 Å². The summed E-state index contributed by atoms with van der Waals surface area (Å²) in [5, 5.41) is 11.2. The maximum atomic E-state index is 14.9. The molecule has 2 aliphatic rings. The van der Waals surface area contributed by atoms with Crippen molar-refractivity contribution >= 4 is 35.4 Å². The third kappa shape index (κ3) is 7.14. The van der Waals surface area contributed by atoms with Gasteiger partial charge < -0.3 is 29.7 Å². The van der Waals surface area contributed by atoms with Crippen molar-refractivity contribution in [2.75, 3.05) is 44.2 Å². The molecule has 2 saturated heterocycles. The van der Waals surface area contributed by atoms with E-state index in [1.54, 1.807) is 17.0 Å². The second kappa shape index (κ2) is 11.6. The van der Waals surface area contributed by atoms with Gasteiger partial charge in [0, 0.05) is 39.5 Å². The van der Waals surface area contributed by atoms with Crippen molar-refractivity contribution in [3.8, 4) is 0 Å². The van der Waals surface area contributed by atoms with Crippen LogP contribution in [0, 0.1) is 5.82 Å². The summed E-state index contributed by atoms with van der Waals surface area (Å²) < 4.78 is 25.0. The first-order chi connectivity index (χ1) is 16.6. The Morgan fingerprint density at radius 1 is 1.17 bits per heavy atom. The average Bonchev–Trinajstić information content (AvgIpc) is 3.20. The predicted octanol–water partition coefficient (Wildman–Crippen LogP) is 0.418. The summed E-state index contributed by atoms with van der Waals surface area (Å²) in [6, 6.07) is 4.59. The fraction of sp³-hybridized carbons (Fsp3) is 0.522. The minimum absolute atomic E-state index is 0.211. The molecule has 3 rings (SSSR count). The van der Waals surface area contributed by atoms with Crippen LogP contribution in [0.4, 0.5) is 10.1 Å². The van der Waals surface area contributed by atoms with E-state index < -0.39 is 48.3 Å². The van der Waals surface area contributed by atoms with Gasteiger partial charge in [-0.2, -0.15) is 0 Å². The van der Waals surface area contributed by atoms with Crippen LogP contribution in [0.3, 0.4) is 0 Å². The number of carboxylic acids is 1. The van der Waals surface area contributed by atoms with Crippen LogP contribution in [0.25, 0.3) is 0 Å². The lowest BCUT2D eigenvalue weighted by Gasteiger charge is -2.36. The van der Waals surface area contributed by atoms with E-state index in [0.29, 0.717) is 43.9 Å². The molecule has 2 heterocycles. The van der Waals surface area contributed by atoms with Crippen LogP contribution in [0.5, 0.6) is 0 Å². The lowest BCUT2D eigenvalue weighted by Crippen LogP contribution is -2.50. The highest BCUT2D eigenvalue weighted by atomic mass is 19.1. The van der Waals surface area contributed by atoms with Crippen molar-refractivity contribution in [2.45, 2.75) is 38.2 Å². The quantitative estimate of drug-likeness (QED) is 0.468. The van der Waals surface area contributed by atoms with Gasteiger partial charge in [-0.3, -0.25) is 24.0 Å². The van der Waals surface area contributed by atoms with Crippen molar-refractivity contribution in [1.82, 2.24) is 10.2 Å². The summed E-state index contributed by atoms with van der Waals surface area (Å²) in [6.45, 7) is 2.43. The van der Waals surface area contributed by atoms with Gasteiger partial charge in [0.15, 0.2) is 6.61 Å². The van der Waals surface area contributed by atoms with E-state index in [-0.39, 0.29) is 25.3 Å². The normalized spacial score (nSPS) is 19.8. The van der Waals surface area contributed by atoms with E-state index in [4.69, 9.17) is 14.6 Å². The van der Waals surface area contributed by atoms with Gasteiger partial charge in [0.05, 0.1) is 31.0 Å². The number of cyclic esters (lactones) is 1. The van der Waals surface area contributed by atoms with Crippen LogP contribution in [-0.4, -0.2) is 85.2 Å². The highest BCUT2D eigenvalue weighted by Gasteiger charge is 2.36. The Bertz CT molecular complexity index is 993. The zero-order valence-corrected chi connectivity index (χ0v) is 19.3. The number of halogens is 1. The SMILES string of the molecule is CC(=O)NCC1CC(c2ccc(N3CCN(C(=O)COC(=O)CCC(=O)O)CC3)c(F)c2)C(=O)O1. The molecule has 2 unspecified atom stereocenters. The Hall–Kier alpha value is -3.70. The predicted molar refractivity (Wildman–Crippen MR) is 119 cm³/mol. The van der Waals surface area contributed by atoms with Crippen LogP contribution in [0.1, 0.15) is 37.7 Å². The Kier molecular flexibility index (Phi) is 8.61. The molecule has 2 fully saturated rings. The molecule has 0 saturated carbocycles. The standard InChI is InChI=1S/C23H28FN3O8/c1-14(28)25-12-16-11-17(23(33)35-16)15-2-3-19(18(24)10-15)26-6-8-27(9-7-26)20(29)13-34-22(32)5-4-21(30)31/h2-3,10,16-17H,4-9,11-13H2,1H3,(H,25,28)(H,30,31). The average molecular weight is 493 g/mol. The molecule has 2 amide bonds. The van der Waals surface area contributed by atoms with Crippen molar-refractivity contribution in [3.05, 3.63) is 29.6 Å². The number of amides is 2. The van der Waals surface area contributed by atoms with Gasteiger partial charge in [-0.25, -0.2) is 4.39 Å². The highest BCUT2D eigenvalue weighted by molar-refractivity contribution is 5.82. The lowest BCUT2D eigenvalue weighted by atomic mass is 9.95. The molecular weight excluding hydrogens is 465 g/mol. The van der Waals surface area contributed by atoms with Gasteiger partial charge in [0.2, 0.25) is 5.91 Å². The molecule has 0 aliphatic carbocycles. The molecule has 190 valence electrons. The number of ether oxygens (including phenoxy) is 2. The Morgan fingerprint density at radius 3 is 2.51 bits per heavy atom. The smallest absolute Gasteiger partial charge is 0.313 e. The summed E-state index contributed by atoms with van der Waals surface area (Å²) in [4.78, 5) is 60.8. The monoisotopic (exact) mass is 493 g/mol. The number of benzene rings is 1. The first kappa shape index (κ1) is 25.9. The van der Waals surface area contributed by atoms with E-state index in [1.165, 1.54) is 17.9 Å². The number of hydrogen-bond donors (Lipinski definition) is 2. The molecule has 2 atom stereocenters. The second-order valence-electron chi connectivity index (χ2n) is 8.42. The van der Waals surface area contributed by atoms with Crippen LogP contribution >= 0.6 is 0 Å². The number of carbonyl (C=O) groups excluding carboxylic acids is 4. The third-order valence-electron chi connectivity index (χ3n) is 5.89. The van der Waals surface area contributed by atoms with Gasteiger partial charge in [-0.05, 0) is 17.7 Å². The number of aliphatic carboxylic acids is 1. The highest BCUT2D eigenvalue weighted by Crippen LogP contribution is 2.33. The van der Waals surface area contributed by atoms with Crippen LogP contribution in [-0.2, 0) is 33.4 Å². The van der Waals surface area contributed by atoms with Crippen molar-refractivity contribution < 1.29 is 42.9 Å². The van der Waals surface area contributed by atoms with Crippen LogP contribution in [0.2, 0.25) is 0 Å². The summed E-state index contributed by atoms with van der Waals surface area (Å²) in [5.41, 5.74) is 0.849. The number of anilines is 1. The molecule has 11 nitrogen and oxygen atoms in total. The summed E-state index contributed by atoms with van der Waals surface area (Å²) in [6.07, 6.45) is -0.781. The maximum absolute atomic E-state index is 14.9. The maximum Gasteiger partial charge on any atom is 0.313 e. The minimum atomic E-state index is -1.13. The number of carbonyl (C=O) groups is 5. The van der Waals surface area contributed by atoms with Crippen LogP contribution in [0.15, 0.2) is 18.2 Å². The van der Waals surface area contributed by atoms with E-state index in [1.807, 2.05) is 0 Å². The molecule has 0 radical (unpaired) electrons. The van der Waals surface area contributed by atoms with E-state index >= 15 is 0 Å². The molecule has 1 aromatic rings. The number of nitrogens with one attached hydrogen (secondary N) is 1. The first-order valence-electron chi connectivity index (χ1n) is 11.3. The number of hydrogen-bond acceptors (Lipinski definition) is 8. The lowest BCUT2D eigenvalue weighted by molar-refractivity contribution is -0.153. The Labute approximate surface area is 201 Å². The molecule has 0 spiro atoms. The van der Waals surface area contributed by atoms with Gasteiger partial charge in [0.25, 0.3) is 5.91 Å². The van der Waals surface area contributed by atoms with Crippen molar-refractivity contribution in [3.63, 3.8) is 0 Å². The number of esters is 2. The molecular formula is C23H28FN3O8. The number of piperazine rings is 1. The largest absolute Gasteiger partial charge is 0.481 e. The third-order valence-corrected chi connectivity index (χ3v) is 5.89. The summed E-state index contributed by atoms with van der Waals surface area (Å²) >= 11 is 0. The van der Waals surface area contributed by atoms with Crippen LogP contribution < -0.4 is 10.2 Å². The first-order valence-corrected chi connectivity index (χ1v) is 11.3. The zero-order valence-electron chi connectivity index (χ0n) is 19.3. The molecule has 2 N–H and O–H groups in total. The fourth-order valence-corrected chi connectivity index (χ4v) is 4.02. The Morgan fingerprint density at radius 2 is 1.89 bits per heavy atom. The minimum Gasteiger partial charge on any atom is -0.481 e. The molecule has 0 bridgehead atoms. The van der Waals surface area contributed by atoms with Crippen molar-refractivity contribution in [2.24, 2.45) is 0 Å². The molecule has 1 aromatic carbocycles. The summed E-state index contributed by atoms with van der Waals surface area (Å²) in [7, 11) is 0. The number of carboxylic acid groups (broad SMARTS) is 1. The summed E-state index contributed by atoms with van der Waals surface area (Å²) in [5.74, 6) is -4.06. The molecule has 0 aromatic heterocycles. The zero-order chi connectivity index (χ0) is 25.5. The van der Waals surface area contributed by atoms with Gasteiger partial charge >= 0.3 is 17.9 Å². The van der Waals surface area contributed by atoms with E-state index in [9.17, 15) is 28.4 Å². The fourth-order valence-electron chi connectivity index (χ4n) is 4.02. The Balaban J connectivity index is 1.50. The van der Waals surface area contributed by atoms with E-state index in [2.05, 4.69) is 5.32 Å². The molecule has 35 heavy (non-hydrogen) atoms.